The molecular weight excluding hydrogens is 250 g/mol. The van der Waals surface area contributed by atoms with Crippen LogP contribution < -0.4 is 10.6 Å². The van der Waals surface area contributed by atoms with Gasteiger partial charge in [0.15, 0.2) is 0 Å². The molecule has 1 aromatic rings. The summed E-state index contributed by atoms with van der Waals surface area (Å²) in [5.74, 6) is 0.0517. The van der Waals surface area contributed by atoms with Crippen LogP contribution in [0.25, 0.3) is 0 Å². The maximum atomic E-state index is 11.8. The lowest BCUT2D eigenvalue weighted by molar-refractivity contribution is -0.121. The van der Waals surface area contributed by atoms with E-state index in [1.54, 1.807) is 12.1 Å². The number of amides is 1. The van der Waals surface area contributed by atoms with E-state index in [9.17, 15) is 4.79 Å². The van der Waals surface area contributed by atoms with Crippen molar-refractivity contribution < 1.29 is 4.79 Å². The Balaban J connectivity index is 1.73. The molecule has 0 unspecified atom stereocenters. The maximum absolute atomic E-state index is 11.8. The predicted molar refractivity (Wildman–Crippen MR) is 72.6 cm³/mol. The first kappa shape index (κ1) is 13.3. The zero-order valence-corrected chi connectivity index (χ0v) is 11.0. The van der Waals surface area contributed by atoms with Crippen molar-refractivity contribution in [3.05, 3.63) is 34.9 Å². The van der Waals surface area contributed by atoms with Crippen molar-refractivity contribution >= 4 is 17.5 Å². The summed E-state index contributed by atoms with van der Waals surface area (Å²) in [6.07, 6.45) is 0.406. The van der Waals surface area contributed by atoms with E-state index in [4.69, 9.17) is 11.6 Å². The van der Waals surface area contributed by atoms with E-state index in [0.29, 0.717) is 18.1 Å². The van der Waals surface area contributed by atoms with Crippen LogP contribution >= 0.6 is 11.6 Å². The lowest BCUT2D eigenvalue weighted by Crippen LogP contribution is -2.48. The number of hydrogen-bond acceptors (Lipinski definition) is 3. The van der Waals surface area contributed by atoms with E-state index < -0.39 is 0 Å². The molecule has 0 aliphatic carbocycles. The molecule has 1 amide bonds. The third-order valence-electron chi connectivity index (χ3n) is 2.99. The fourth-order valence-corrected chi connectivity index (χ4v) is 2.05. The summed E-state index contributed by atoms with van der Waals surface area (Å²) in [4.78, 5) is 14.0. The van der Waals surface area contributed by atoms with Crippen LogP contribution in [0, 0.1) is 0 Å². The summed E-state index contributed by atoms with van der Waals surface area (Å²) in [7, 11) is 0. The Morgan fingerprint density at radius 3 is 2.61 bits per heavy atom. The molecule has 1 aromatic carbocycles. The maximum Gasteiger partial charge on any atom is 0.225 e. The van der Waals surface area contributed by atoms with E-state index >= 15 is 0 Å². The number of piperazine rings is 1. The van der Waals surface area contributed by atoms with Crippen LogP contribution in [0.1, 0.15) is 5.56 Å². The number of rotatable bonds is 4. The Morgan fingerprint density at radius 2 is 1.94 bits per heavy atom. The van der Waals surface area contributed by atoms with Gasteiger partial charge in [-0.3, -0.25) is 9.69 Å². The summed E-state index contributed by atoms with van der Waals surface area (Å²) in [6.45, 7) is 4.59. The number of hydrogen-bond donors (Lipinski definition) is 2. The highest BCUT2D eigenvalue weighted by Gasteiger charge is 2.10. The monoisotopic (exact) mass is 267 g/mol. The fraction of sp³-hybridized carbons (Fsp3) is 0.462. The van der Waals surface area contributed by atoms with Crippen LogP contribution in [0.4, 0.5) is 0 Å². The van der Waals surface area contributed by atoms with Gasteiger partial charge in [-0.05, 0) is 17.7 Å². The minimum absolute atomic E-state index is 0.0517. The smallest absolute Gasteiger partial charge is 0.225 e. The zero-order chi connectivity index (χ0) is 12.8. The summed E-state index contributed by atoms with van der Waals surface area (Å²) < 4.78 is 0. The van der Waals surface area contributed by atoms with Crippen molar-refractivity contribution in [3.63, 3.8) is 0 Å². The highest BCUT2D eigenvalue weighted by Crippen LogP contribution is 2.09. The molecule has 18 heavy (non-hydrogen) atoms. The van der Waals surface area contributed by atoms with Gasteiger partial charge in [-0.15, -0.1) is 0 Å². The van der Waals surface area contributed by atoms with Gasteiger partial charge in [-0.1, -0.05) is 23.7 Å². The van der Waals surface area contributed by atoms with Crippen molar-refractivity contribution in [1.29, 1.82) is 0 Å². The standard InChI is InChI=1S/C13H18ClN3O/c14-12-3-1-11(2-4-12)9-13(18)16-10-17-7-5-15-6-8-17/h1-4,15H,5-10H2,(H,16,18). The third kappa shape index (κ3) is 4.29. The van der Waals surface area contributed by atoms with Crippen LogP contribution in [-0.2, 0) is 11.2 Å². The van der Waals surface area contributed by atoms with E-state index in [0.717, 1.165) is 31.7 Å². The molecule has 0 radical (unpaired) electrons. The van der Waals surface area contributed by atoms with Gasteiger partial charge in [-0.2, -0.15) is 0 Å². The molecule has 1 aliphatic heterocycles. The van der Waals surface area contributed by atoms with Crippen molar-refractivity contribution in [3.8, 4) is 0 Å². The zero-order valence-electron chi connectivity index (χ0n) is 10.3. The first-order valence-corrected chi connectivity index (χ1v) is 6.56. The topological polar surface area (TPSA) is 44.4 Å². The first-order valence-electron chi connectivity index (χ1n) is 6.18. The molecule has 98 valence electrons. The Hall–Kier alpha value is -1.10. The second kappa shape index (κ2) is 6.73. The SMILES string of the molecule is O=C(Cc1ccc(Cl)cc1)NCN1CCNCC1. The van der Waals surface area contributed by atoms with Gasteiger partial charge in [0.1, 0.15) is 0 Å². The Labute approximate surface area is 112 Å². The van der Waals surface area contributed by atoms with Gasteiger partial charge in [0, 0.05) is 31.2 Å². The molecule has 0 spiro atoms. The van der Waals surface area contributed by atoms with Crippen LogP contribution in [0.3, 0.4) is 0 Å². The van der Waals surface area contributed by atoms with Gasteiger partial charge in [-0.25, -0.2) is 0 Å². The van der Waals surface area contributed by atoms with E-state index in [-0.39, 0.29) is 5.91 Å². The average Bonchev–Trinajstić information content (AvgIpc) is 2.40. The largest absolute Gasteiger partial charge is 0.343 e. The average molecular weight is 268 g/mol. The lowest BCUT2D eigenvalue weighted by atomic mass is 10.1. The predicted octanol–water partition coefficient (Wildman–Crippen LogP) is 0.861. The molecule has 2 rings (SSSR count). The quantitative estimate of drug-likeness (QED) is 0.851. The minimum Gasteiger partial charge on any atom is -0.343 e. The number of nitrogens with zero attached hydrogens (tertiary/aromatic N) is 1. The highest BCUT2D eigenvalue weighted by molar-refractivity contribution is 6.30. The second-order valence-electron chi connectivity index (χ2n) is 4.43. The summed E-state index contributed by atoms with van der Waals surface area (Å²) in [5.41, 5.74) is 0.984. The summed E-state index contributed by atoms with van der Waals surface area (Å²) in [5, 5.41) is 6.92. The van der Waals surface area contributed by atoms with Crippen molar-refractivity contribution in [2.24, 2.45) is 0 Å². The molecule has 1 saturated heterocycles. The van der Waals surface area contributed by atoms with Gasteiger partial charge >= 0.3 is 0 Å². The van der Waals surface area contributed by atoms with E-state index in [2.05, 4.69) is 15.5 Å². The van der Waals surface area contributed by atoms with Gasteiger partial charge in [0.2, 0.25) is 5.91 Å². The molecule has 1 heterocycles. The molecule has 0 atom stereocenters. The van der Waals surface area contributed by atoms with Crippen LogP contribution in [-0.4, -0.2) is 43.7 Å². The number of carbonyl (C=O) groups is 1. The third-order valence-corrected chi connectivity index (χ3v) is 3.24. The summed E-state index contributed by atoms with van der Waals surface area (Å²) >= 11 is 5.80. The molecule has 4 nitrogen and oxygen atoms in total. The van der Waals surface area contributed by atoms with Gasteiger partial charge in [0.05, 0.1) is 13.1 Å². The highest BCUT2D eigenvalue weighted by atomic mass is 35.5. The lowest BCUT2D eigenvalue weighted by Gasteiger charge is -2.27. The number of halogens is 1. The van der Waals surface area contributed by atoms with E-state index in [1.165, 1.54) is 0 Å². The second-order valence-corrected chi connectivity index (χ2v) is 4.87. The molecule has 1 fully saturated rings. The first-order chi connectivity index (χ1) is 8.74. The molecule has 0 bridgehead atoms. The van der Waals surface area contributed by atoms with Crippen LogP contribution in [0.15, 0.2) is 24.3 Å². The number of nitrogens with one attached hydrogen (secondary N) is 2. The number of carbonyl (C=O) groups excluding carboxylic acids is 1. The van der Waals surface area contributed by atoms with Crippen molar-refractivity contribution in [2.75, 3.05) is 32.8 Å². The van der Waals surface area contributed by atoms with Crippen molar-refractivity contribution in [1.82, 2.24) is 15.5 Å². The van der Waals surface area contributed by atoms with Crippen LogP contribution in [0.5, 0.6) is 0 Å². The minimum atomic E-state index is 0.0517. The molecule has 0 aromatic heterocycles. The fourth-order valence-electron chi connectivity index (χ4n) is 1.92. The molecule has 0 saturated carbocycles. The molecular formula is C13H18ClN3O. The van der Waals surface area contributed by atoms with Gasteiger partial charge < -0.3 is 10.6 Å². The van der Waals surface area contributed by atoms with Crippen molar-refractivity contribution in [2.45, 2.75) is 6.42 Å². The number of benzene rings is 1. The Morgan fingerprint density at radius 1 is 1.28 bits per heavy atom. The van der Waals surface area contributed by atoms with E-state index in [1.807, 2.05) is 12.1 Å². The molecule has 5 heteroatoms. The normalized spacial score (nSPS) is 16.5. The Bertz CT molecular complexity index is 388. The van der Waals surface area contributed by atoms with Crippen LogP contribution in [0.2, 0.25) is 5.02 Å². The Kier molecular flexibility index (Phi) is 4.99. The summed E-state index contributed by atoms with van der Waals surface area (Å²) in [6, 6.07) is 7.38. The molecule has 1 aliphatic rings. The molecule has 2 N–H and O–H groups in total. The van der Waals surface area contributed by atoms with Gasteiger partial charge in [0.25, 0.3) is 0 Å².